The Morgan fingerprint density at radius 3 is 2.15 bits per heavy atom. The molecule has 3 heteroatoms. The number of hydrogen-bond donors (Lipinski definition) is 1. The summed E-state index contributed by atoms with van der Waals surface area (Å²) < 4.78 is 25.0. The number of benzene rings is 1. The van der Waals surface area contributed by atoms with Gasteiger partial charge in [-0.15, -0.1) is 0 Å². The fourth-order valence-electron chi connectivity index (χ4n) is 1.26. The van der Waals surface area contributed by atoms with Crippen LogP contribution in [-0.2, 0) is 0 Å². The molecular weight excluding hydrogens is 172 g/mol. The van der Waals surface area contributed by atoms with Crippen LogP contribution < -0.4 is 5.32 Å². The fourth-order valence-corrected chi connectivity index (χ4v) is 1.26. The smallest absolute Gasteiger partial charge is 0.264 e. The van der Waals surface area contributed by atoms with Crippen molar-refractivity contribution in [2.75, 3.05) is 7.05 Å². The fraction of sp³-hybridized carbons (Fsp3) is 0.400. The molecule has 1 aromatic carbocycles. The standard InChI is InChI=1S/C10H13F2N/c1-7(13-2)8-5-3-4-6-9(8)10(11)12/h3-7,10,13H,1-2H3/t7-/m0/s1. The molecule has 0 aromatic heterocycles. The summed E-state index contributed by atoms with van der Waals surface area (Å²) >= 11 is 0. The molecule has 0 unspecified atom stereocenters. The maximum atomic E-state index is 12.5. The molecule has 0 heterocycles. The van der Waals surface area contributed by atoms with Gasteiger partial charge >= 0.3 is 0 Å². The third kappa shape index (κ3) is 2.25. The van der Waals surface area contributed by atoms with E-state index in [2.05, 4.69) is 5.32 Å². The quantitative estimate of drug-likeness (QED) is 0.763. The predicted molar refractivity (Wildman–Crippen MR) is 48.9 cm³/mol. The van der Waals surface area contributed by atoms with Gasteiger partial charge in [-0.3, -0.25) is 0 Å². The lowest BCUT2D eigenvalue weighted by Crippen LogP contribution is -2.14. The van der Waals surface area contributed by atoms with Crippen LogP contribution in [0.25, 0.3) is 0 Å². The normalized spacial score (nSPS) is 13.3. The van der Waals surface area contributed by atoms with Gasteiger partial charge in [0.2, 0.25) is 0 Å². The van der Waals surface area contributed by atoms with Crippen LogP contribution in [0.2, 0.25) is 0 Å². The molecule has 0 saturated heterocycles. The van der Waals surface area contributed by atoms with Crippen molar-refractivity contribution >= 4 is 0 Å². The lowest BCUT2D eigenvalue weighted by molar-refractivity contribution is 0.149. The molecule has 0 radical (unpaired) electrons. The van der Waals surface area contributed by atoms with Gasteiger partial charge in [0.05, 0.1) is 0 Å². The van der Waals surface area contributed by atoms with Gasteiger partial charge in [-0.25, -0.2) is 8.78 Å². The number of halogens is 2. The monoisotopic (exact) mass is 185 g/mol. The van der Waals surface area contributed by atoms with E-state index in [1.165, 1.54) is 6.07 Å². The number of hydrogen-bond acceptors (Lipinski definition) is 1. The minimum atomic E-state index is -2.40. The van der Waals surface area contributed by atoms with Crippen molar-refractivity contribution < 1.29 is 8.78 Å². The largest absolute Gasteiger partial charge is 0.313 e. The average molecular weight is 185 g/mol. The van der Waals surface area contributed by atoms with Crippen LogP contribution in [0.15, 0.2) is 24.3 Å². The van der Waals surface area contributed by atoms with E-state index in [1.807, 2.05) is 6.92 Å². The Balaban J connectivity index is 3.04. The zero-order valence-corrected chi connectivity index (χ0v) is 7.72. The van der Waals surface area contributed by atoms with E-state index in [-0.39, 0.29) is 11.6 Å². The van der Waals surface area contributed by atoms with E-state index in [4.69, 9.17) is 0 Å². The van der Waals surface area contributed by atoms with Crippen molar-refractivity contribution in [1.29, 1.82) is 0 Å². The van der Waals surface area contributed by atoms with Gasteiger partial charge in [0.1, 0.15) is 0 Å². The van der Waals surface area contributed by atoms with Crippen molar-refractivity contribution in [3.05, 3.63) is 35.4 Å². The van der Waals surface area contributed by atoms with Crippen molar-refractivity contribution in [2.45, 2.75) is 19.4 Å². The van der Waals surface area contributed by atoms with E-state index in [0.717, 1.165) is 0 Å². The first kappa shape index (κ1) is 10.1. The number of nitrogens with one attached hydrogen (secondary N) is 1. The second kappa shape index (κ2) is 4.33. The van der Waals surface area contributed by atoms with E-state index in [0.29, 0.717) is 5.56 Å². The molecule has 72 valence electrons. The summed E-state index contributed by atoms with van der Waals surface area (Å²) in [6.07, 6.45) is -2.40. The second-order valence-electron chi connectivity index (χ2n) is 2.94. The first-order chi connectivity index (χ1) is 6.16. The van der Waals surface area contributed by atoms with Crippen LogP contribution >= 0.6 is 0 Å². The van der Waals surface area contributed by atoms with Crippen LogP contribution in [0, 0.1) is 0 Å². The molecule has 0 aliphatic carbocycles. The molecule has 0 amide bonds. The van der Waals surface area contributed by atoms with E-state index in [1.54, 1.807) is 25.2 Å². The lowest BCUT2D eigenvalue weighted by atomic mass is 10.0. The molecule has 0 aliphatic rings. The summed E-state index contributed by atoms with van der Waals surface area (Å²) in [5, 5.41) is 2.94. The minimum absolute atomic E-state index is 0.0369. The Bertz CT molecular complexity index is 273. The lowest BCUT2D eigenvalue weighted by Gasteiger charge is -2.14. The molecule has 13 heavy (non-hydrogen) atoms. The molecule has 1 N–H and O–H groups in total. The number of alkyl halides is 2. The predicted octanol–water partition coefficient (Wildman–Crippen LogP) is 2.90. The molecule has 0 fully saturated rings. The molecule has 1 aromatic rings. The van der Waals surface area contributed by atoms with Crippen LogP contribution in [0.4, 0.5) is 8.78 Å². The maximum absolute atomic E-state index is 12.5. The summed E-state index contributed by atoms with van der Waals surface area (Å²) in [6.45, 7) is 1.86. The van der Waals surface area contributed by atoms with Crippen LogP contribution in [-0.4, -0.2) is 7.05 Å². The highest BCUT2D eigenvalue weighted by atomic mass is 19.3. The van der Waals surface area contributed by atoms with Gasteiger partial charge in [0.25, 0.3) is 6.43 Å². The van der Waals surface area contributed by atoms with E-state index < -0.39 is 6.43 Å². The van der Waals surface area contributed by atoms with Gasteiger partial charge < -0.3 is 5.32 Å². The summed E-state index contributed by atoms with van der Waals surface area (Å²) in [7, 11) is 1.76. The van der Waals surface area contributed by atoms with Crippen molar-refractivity contribution in [3.8, 4) is 0 Å². The highest BCUT2D eigenvalue weighted by Crippen LogP contribution is 2.26. The van der Waals surface area contributed by atoms with Crippen LogP contribution in [0.1, 0.15) is 30.5 Å². The van der Waals surface area contributed by atoms with E-state index >= 15 is 0 Å². The SMILES string of the molecule is CN[C@@H](C)c1ccccc1C(F)F. The molecule has 1 atom stereocenters. The Morgan fingerprint density at radius 2 is 1.69 bits per heavy atom. The van der Waals surface area contributed by atoms with Crippen LogP contribution in [0.5, 0.6) is 0 Å². The summed E-state index contributed by atoms with van der Waals surface area (Å²) in [4.78, 5) is 0. The average Bonchev–Trinajstić information content (AvgIpc) is 2.16. The molecule has 0 spiro atoms. The van der Waals surface area contributed by atoms with E-state index in [9.17, 15) is 8.78 Å². The minimum Gasteiger partial charge on any atom is -0.313 e. The summed E-state index contributed by atoms with van der Waals surface area (Å²) in [6, 6.07) is 6.56. The summed E-state index contributed by atoms with van der Waals surface area (Å²) in [5.41, 5.74) is 0.782. The molecule has 0 aliphatic heterocycles. The van der Waals surface area contributed by atoms with Gasteiger partial charge in [-0.1, -0.05) is 24.3 Å². The molecular formula is C10H13F2N. The number of rotatable bonds is 3. The Morgan fingerprint density at radius 1 is 1.15 bits per heavy atom. The Hall–Kier alpha value is -0.960. The molecule has 1 nitrogen and oxygen atoms in total. The zero-order valence-electron chi connectivity index (χ0n) is 7.72. The molecule has 0 saturated carbocycles. The first-order valence-corrected chi connectivity index (χ1v) is 4.21. The van der Waals surface area contributed by atoms with Gasteiger partial charge in [0.15, 0.2) is 0 Å². The van der Waals surface area contributed by atoms with Crippen molar-refractivity contribution in [3.63, 3.8) is 0 Å². The van der Waals surface area contributed by atoms with Gasteiger partial charge in [0, 0.05) is 11.6 Å². The van der Waals surface area contributed by atoms with Gasteiger partial charge in [-0.05, 0) is 19.5 Å². The van der Waals surface area contributed by atoms with Crippen LogP contribution in [0.3, 0.4) is 0 Å². The second-order valence-corrected chi connectivity index (χ2v) is 2.94. The highest BCUT2D eigenvalue weighted by Gasteiger charge is 2.14. The van der Waals surface area contributed by atoms with Gasteiger partial charge in [-0.2, -0.15) is 0 Å². The first-order valence-electron chi connectivity index (χ1n) is 4.21. The third-order valence-corrected chi connectivity index (χ3v) is 2.13. The highest BCUT2D eigenvalue weighted by molar-refractivity contribution is 5.30. The molecule has 0 bridgehead atoms. The zero-order chi connectivity index (χ0) is 9.84. The Labute approximate surface area is 76.8 Å². The topological polar surface area (TPSA) is 12.0 Å². The molecule has 1 rings (SSSR count). The maximum Gasteiger partial charge on any atom is 0.264 e. The van der Waals surface area contributed by atoms with Crippen molar-refractivity contribution in [2.24, 2.45) is 0 Å². The third-order valence-electron chi connectivity index (χ3n) is 2.13. The Kier molecular flexibility index (Phi) is 3.37. The van der Waals surface area contributed by atoms with Crippen molar-refractivity contribution in [1.82, 2.24) is 5.32 Å². The summed E-state index contributed by atoms with van der Waals surface area (Å²) in [5.74, 6) is 0.